The predicted molar refractivity (Wildman–Crippen MR) is 120 cm³/mol. The third-order valence-corrected chi connectivity index (χ3v) is 6.44. The molecule has 0 amide bonds. The number of carbonyl (C=O) groups is 1. The maximum atomic E-state index is 12.4. The maximum absolute atomic E-state index is 12.4. The van der Waals surface area contributed by atoms with Crippen molar-refractivity contribution in [1.29, 1.82) is 0 Å². The largest absolute Gasteiger partial charge is 0.497 e. The quantitative estimate of drug-likeness (QED) is 0.514. The van der Waals surface area contributed by atoms with Gasteiger partial charge in [-0.3, -0.25) is 4.79 Å². The van der Waals surface area contributed by atoms with Crippen molar-refractivity contribution in [3.63, 3.8) is 0 Å². The molecule has 0 heterocycles. The van der Waals surface area contributed by atoms with E-state index < -0.39 is 10.0 Å². The van der Waals surface area contributed by atoms with Crippen LogP contribution in [0.25, 0.3) is 11.1 Å². The van der Waals surface area contributed by atoms with Gasteiger partial charge in [0.05, 0.1) is 12.0 Å². The minimum Gasteiger partial charge on any atom is -0.497 e. The van der Waals surface area contributed by atoms with Gasteiger partial charge < -0.3 is 4.74 Å². The summed E-state index contributed by atoms with van der Waals surface area (Å²) in [5.41, 5.74) is 2.95. The molecule has 0 unspecified atom stereocenters. The van der Waals surface area contributed by atoms with Gasteiger partial charge in [0, 0.05) is 11.3 Å². The molecule has 0 atom stereocenters. The molecule has 0 spiro atoms. The fourth-order valence-electron chi connectivity index (χ4n) is 2.99. The highest BCUT2D eigenvalue weighted by atomic mass is 32.2. The lowest BCUT2D eigenvalue weighted by molar-refractivity contribution is -0.111. The van der Waals surface area contributed by atoms with Crippen LogP contribution < -0.4 is 9.88 Å². The Morgan fingerprint density at radius 3 is 2.30 bits per heavy atom. The molecule has 0 aliphatic rings. The van der Waals surface area contributed by atoms with E-state index in [1.165, 1.54) is 29.5 Å². The molecule has 0 fully saturated rings. The van der Waals surface area contributed by atoms with Crippen LogP contribution >= 0.6 is 11.8 Å². The van der Waals surface area contributed by atoms with Gasteiger partial charge >= 0.3 is 0 Å². The fraction of sp³-hybridized carbons (Fsp3) is 0.174. The molecule has 0 saturated carbocycles. The maximum Gasteiger partial charge on any atom is 0.238 e. The standard InChI is InChI=1S/C23H23NO4S2/c1-28-20-12-8-17(9-13-20)4-2-7-23(25)29-21-6-3-5-19(16-21)18-10-14-22(15-11-18)30(24,26)27/h3,5-6,8-16H,2,4,7H2,1H3,(H2,24,26,27). The lowest BCUT2D eigenvalue weighted by Gasteiger charge is -2.07. The van der Waals surface area contributed by atoms with Crippen LogP contribution in [0.4, 0.5) is 0 Å². The summed E-state index contributed by atoms with van der Waals surface area (Å²) < 4.78 is 27.9. The number of sulfonamides is 1. The summed E-state index contributed by atoms with van der Waals surface area (Å²) in [6.07, 6.45) is 2.11. The van der Waals surface area contributed by atoms with Crippen molar-refractivity contribution in [2.24, 2.45) is 5.14 Å². The van der Waals surface area contributed by atoms with Crippen molar-refractivity contribution < 1.29 is 17.9 Å². The van der Waals surface area contributed by atoms with Gasteiger partial charge in [-0.15, -0.1) is 0 Å². The van der Waals surface area contributed by atoms with Crippen molar-refractivity contribution in [3.05, 3.63) is 78.4 Å². The van der Waals surface area contributed by atoms with Crippen LogP contribution in [0, 0.1) is 0 Å². The average molecular weight is 442 g/mol. The molecule has 0 bridgehead atoms. The zero-order valence-electron chi connectivity index (χ0n) is 16.6. The molecule has 0 saturated heterocycles. The van der Waals surface area contributed by atoms with Crippen LogP contribution in [0.3, 0.4) is 0 Å². The topological polar surface area (TPSA) is 86.5 Å². The van der Waals surface area contributed by atoms with Crippen molar-refractivity contribution in [2.45, 2.75) is 29.1 Å². The second kappa shape index (κ2) is 9.93. The summed E-state index contributed by atoms with van der Waals surface area (Å²) in [6.45, 7) is 0. The second-order valence-electron chi connectivity index (χ2n) is 6.77. The number of methoxy groups -OCH3 is 1. The number of hydrogen-bond acceptors (Lipinski definition) is 5. The summed E-state index contributed by atoms with van der Waals surface area (Å²) in [7, 11) is -2.08. The molecule has 0 aliphatic carbocycles. The number of primary sulfonamides is 1. The first kappa shape index (κ1) is 22.1. The van der Waals surface area contributed by atoms with Gasteiger partial charge in [-0.05, 0) is 65.9 Å². The summed E-state index contributed by atoms with van der Waals surface area (Å²) in [4.78, 5) is 13.3. The predicted octanol–water partition coefficient (Wildman–Crippen LogP) is 4.65. The molecule has 2 N–H and O–H groups in total. The Balaban J connectivity index is 1.57. The Morgan fingerprint density at radius 1 is 0.967 bits per heavy atom. The molecule has 5 nitrogen and oxygen atoms in total. The van der Waals surface area contributed by atoms with Crippen molar-refractivity contribution in [2.75, 3.05) is 7.11 Å². The highest BCUT2D eigenvalue weighted by molar-refractivity contribution is 8.13. The first-order valence-corrected chi connectivity index (χ1v) is 11.8. The summed E-state index contributed by atoms with van der Waals surface area (Å²) in [5, 5.41) is 5.26. The second-order valence-corrected chi connectivity index (χ2v) is 9.47. The van der Waals surface area contributed by atoms with Crippen molar-refractivity contribution in [3.8, 4) is 16.9 Å². The van der Waals surface area contributed by atoms with Gasteiger partial charge in [0.2, 0.25) is 10.0 Å². The van der Waals surface area contributed by atoms with E-state index >= 15 is 0 Å². The monoisotopic (exact) mass is 441 g/mol. The molecule has 0 aromatic heterocycles. The molecule has 3 aromatic carbocycles. The molecule has 30 heavy (non-hydrogen) atoms. The summed E-state index contributed by atoms with van der Waals surface area (Å²) >= 11 is 1.23. The highest BCUT2D eigenvalue weighted by Crippen LogP contribution is 2.28. The van der Waals surface area contributed by atoms with Crippen molar-refractivity contribution in [1.82, 2.24) is 0 Å². The van der Waals surface area contributed by atoms with E-state index in [1.807, 2.05) is 48.5 Å². The number of rotatable bonds is 8. The molecule has 3 aromatic rings. The van der Waals surface area contributed by atoms with E-state index in [-0.39, 0.29) is 10.0 Å². The van der Waals surface area contributed by atoms with Crippen LogP contribution in [0.2, 0.25) is 0 Å². The number of benzene rings is 3. The number of thioether (sulfide) groups is 1. The number of aryl methyl sites for hydroxylation is 1. The van der Waals surface area contributed by atoms with E-state index in [0.717, 1.165) is 34.6 Å². The molecule has 156 valence electrons. The SMILES string of the molecule is COc1ccc(CCCC(=O)Sc2cccc(-c3ccc(S(N)(=O)=O)cc3)c2)cc1. The molecular weight excluding hydrogens is 418 g/mol. The zero-order valence-corrected chi connectivity index (χ0v) is 18.2. The Hall–Kier alpha value is -2.61. The van der Waals surface area contributed by atoms with E-state index in [1.54, 1.807) is 19.2 Å². The minimum absolute atomic E-state index is 0.0730. The average Bonchev–Trinajstić information content (AvgIpc) is 2.74. The summed E-state index contributed by atoms with van der Waals surface area (Å²) in [5.74, 6) is 0.824. The van der Waals surface area contributed by atoms with Gasteiger partial charge in [0.1, 0.15) is 5.75 Å². The molecular formula is C23H23NO4S2. The minimum atomic E-state index is -3.71. The Bertz CT molecular complexity index is 1110. The normalized spacial score (nSPS) is 11.3. The molecule has 0 aliphatic heterocycles. The van der Waals surface area contributed by atoms with Gasteiger partial charge in [0.25, 0.3) is 0 Å². The zero-order chi connectivity index (χ0) is 21.6. The van der Waals surface area contributed by atoms with Gasteiger partial charge in [0.15, 0.2) is 5.12 Å². The first-order chi connectivity index (χ1) is 14.3. The Morgan fingerprint density at radius 2 is 1.67 bits per heavy atom. The van der Waals surface area contributed by atoms with Gasteiger partial charge in [-0.1, -0.05) is 48.2 Å². The van der Waals surface area contributed by atoms with Crippen LogP contribution in [-0.2, 0) is 21.2 Å². The third-order valence-electron chi connectivity index (χ3n) is 4.59. The summed E-state index contributed by atoms with van der Waals surface area (Å²) in [6, 6.07) is 21.9. The number of carbonyl (C=O) groups excluding carboxylic acids is 1. The fourth-order valence-corrected chi connectivity index (χ4v) is 4.34. The number of ether oxygens (including phenoxy) is 1. The Labute approximate surface area is 181 Å². The van der Waals surface area contributed by atoms with Crippen molar-refractivity contribution >= 4 is 26.9 Å². The van der Waals surface area contributed by atoms with E-state index in [0.29, 0.717) is 6.42 Å². The first-order valence-electron chi connectivity index (χ1n) is 9.42. The van der Waals surface area contributed by atoms with Crippen LogP contribution in [0.5, 0.6) is 5.75 Å². The lowest BCUT2D eigenvalue weighted by atomic mass is 10.1. The van der Waals surface area contributed by atoms with Gasteiger partial charge in [-0.2, -0.15) is 0 Å². The van der Waals surface area contributed by atoms with Crippen LogP contribution in [0.15, 0.2) is 82.6 Å². The van der Waals surface area contributed by atoms with E-state index in [4.69, 9.17) is 9.88 Å². The highest BCUT2D eigenvalue weighted by Gasteiger charge is 2.09. The smallest absolute Gasteiger partial charge is 0.238 e. The lowest BCUT2D eigenvalue weighted by Crippen LogP contribution is -2.11. The molecule has 3 rings (SSSR count). The molecule has 7 heteroatoms. The van der Waals surface area contributed by atoms with E-state index in [9.17, 15) is 13.2 Å². The van der Waals surface area contributed by atoms with Crippen LogP contribution in [0.1, 0.15) is 18.4 Å². The third kappa shape index (κ3) is 6.19. The van der Waals surface area contributed by atoms with E-state index in [2.05, 4.69) is 0 Å². The number of nitrogens with two attached hydrogens (primary N) is 1. The van der Waals surface area contributed by atoms with Crippen LogP contribution in [-0.4, -0.2) is 20.6 Å². The van der Waals surface area contributed by atoms with Gasteiger partial charge in [-0.25, -0.2) is 13.6 Å². The molecule has 0 radical (unpaired) electrons. The Kier molecular flexibility index (Phi) is 7.31. The number of hydrogen-bond donors (Lipinski definition) is 1.